The van der Waals surface area contributed by atoms with E-state index in [0.717, 1.165) is 38.0 Å². The fraction of sp³-hybridized carbons (Fsp3) is 0.538. The molecule has 1 aromatic heterocycles. The first-order chi connectivity index (χ1) is 8.68. The number of hydrogen-bond donors (Lipinski definition) is 3. The van der Waals surface area contributed by atoms with Crippen LogP contribution >= 0.6 is 0 Å². The van der Waals surface area contributed by atoms with Gasteiger partial charge >= 0.3 is 0 Å². The van der Waals surface area contributed by atoms with Crippen LogP contribution in [-0.4, -0.2) is 30.5 Å². The largest absolute Gasteiger partial charge is 0.369 e. The standard InChI is InChI=1S/C13H20N4O/c1-9-2-7-16-13(11(9)12(14)18)17-8-10-3-5-15-6-4-10/h2,7,10,15H,3-6,8H2,1H3,(H2,14,18)(H,16,17). The second kappa shape index (κ2) is 5.82. The van der Waals surface area contributed by atoms with Crippen LogP contribution in [0.5, 0.6) is 0 Å². The van der Waals surface area contributed by atoms with Crippen molar-refractivity contribution >= 4 is 11.7 Å². The van der Waals surface area contributed by atoms with E-state index in [2.05, 4.69) is 15.6 Å². The highest BCUT2D eigenvalue weighted by Gasteiger charge is 2.16. The normalized spacial score (nSPS) is 16.5. The Bertz CT molecular complexity index is 427. The van der Waals surface area contributed by atoms with Crippen LogP contribution < -0.4 is 16.4 Å². The molecule has 1 aliphatic rings. The number of aryl methyl sites for hydroxylation is 1. The van der Waals surface area contributed by atoms with Crippen molar-refractivity contribution < 1.29 is 4.79 Å². The zero-order valence-corrected chi connectivity index (χ0v) is 10.7. The van der Waals surface area contributed by atoms with E-state index in [9.17, 15) is 4.79 Å². The smallest absolute Gasteiger partial charge is 0.252 e. The summed E-state index contributed by atoms with van der Waals surface area (Å²) in [5.74, 6) is 0.823. The first kappa shape index (κ1) is 12.8. The van der Waals surface area contributed by atoms with Crippen LogP contribution in [0.1, 0.15) is 28.8 Å². The van der Waals surface area contributed by atoms with Crippen LogP contribution in [0.2, 0.25) is 0 Å². The van der Waals surface area contributed by atoms with Gasteiger partial charge in [-0.3, -0.25) is 4.79 Å². The number of piperidine rings is 1. The second-order valence-electron chi connectivity index (χ2n) is 4.79. The molecule has 0 spiro atoms. The maximum absolute atomic E-state index is 11.4. The Kier molecular flexibility index (Phi) is 4.15. The third kappa shape index (κ3) is 2.98. The van der Waals surface area contributed by atoms with Crippen molar-refractivity contribution in [2.75, 3.05) is 25.0 Å². The SMILES string of the molecule is Cc1ccnc(NCC2CCNCC2)c1C(N)=O. The highest BCUT2D eigenvalue weighted by molar-refractivity contribution is 5.98. The maximum atomic E-state index is 11.4. The average molecular weight is 248 g/mol. The molecule has 4 N–H and O–H groups in total. The van der Waals surface area contributed by atoms with E-state index in [-0.39, 0.29) is 0 Å². The monoisotopic (exact) mass is 248 g/mol. The van der Waals surface area contributed by atoms with Gasteiger partial charge < -0.3 is 16.4 Å². The third-order valence-electron chi connectivity index (χ3n) is 3.42. The minimum atomic E-state index is -0.423. The van der Waals surface area contributed by atoms with Gasteiger partial charge in [0, 0.05) is 12.7 Å². The van der Waals surface area contributed by atoms with Gasteiger partial charge in [0.05, 0.1) is 5.56 Å². The third-order valence-corrected chi connectivity index (χ3v) is 3.42. The lowest BCUT2D eigenvalue weighted by Gasteiger charge is -2.23. The topological polar surface area (TPSA) is 80.0 Å². The zero-order valence-electron chi connectivity index (χ0n) is 10.7. The Labute approximate surface area is 107 Å². The van der Waals surface area contributed by atoms with Gasteiger partial charge in [0.25, 0.3) is 5.91 Å². The number of amides is 1. The number of pyridine rings is 1. The number of rotatable bonds is 4. The summed E-state index contributed by atoms with van der Waals surface area (Å²) in [7, 11) is 0. The molecule has 0 aliphatic carbocycles. The van der Waals surface area contributed by atoms with Crippen LogP contribution in [0.15, 0.2) is 12.3 Å². The minimum absolute atomic E-state index is 0.423. The Balaban J connectivity index is 2.04. The molecule has 1 saturated heterocycles. The number of nitrogens with one attached hydrogen (secondary N) is 2. The van der Waals surface area contributed by atoms with Crippen LogP contribution in [0.4, 0.5) is 5.82 Å². The quantitative estimate of drug-likeness (QED) is 0.739. The van der Waals surface area contributed by atoms with E-state index >= 15 is 0 Å². The molecule has 1 aliphatic heterocycles. The number of hydrogen-bond acceptors (Lipinski definition) is 4. The number of carbonyl (C=O) groups excluding carboxylic acids is 1. The molecule has 2 rings (SSSR count). The minimum Gasteiger partial charge on any atom is -0.369 e. The van der Waals surface area contributed by atoms with Gasteiger partial charge in [-0.1, -0.05) is 0 Å². The van der Waals surface area contributed by atoms with Crippen LogP contribution in [0.3, 0.4) is 0 Å². The summed E-state index contributed by atoms with van der Waals surface area (Å²) in [4.78, 5) is 15.6. The fourth-order valence-electron chi connectivity index (χ4n) is 2.33. The number of carbonyl (C=O) groups is 1. The van der Waals surface area contributed by atoms with Crippen molar-refractivity contribution in [3.8, 4) is 0 Å². The molecule has 1 aromatic rings. The molecule has 0 saturated carbocycles. The van der Waals surface area contributed by atoms with E-state index in [0.29, 0.717) is 17.3 Å². The van der Waals surface area contributed by atoms with E-state index in [4.69, 9.17) is 5.73 Å². The molecule has 1 fully saturated rings. The number of primary amides is 1. The van der Waals surface area contributed by atoms with E-state index < -0.39 is 5.91 Å². The van der Waals surface area contributed by atoms with E-state index in [1.165, 1.54) is 0 Å². The molecule has 0 aromatic carbocycles. The zero-order chi connectivity index (χ0) is 13.0. The van der Waals surface area contributed by atoms with Crippen LogP contribution in [0.25, 0.3) is 0 Å². The number of nitrogens with two attached hydrogens (primary N) is 1. The van der Waals surface area contributed by atoms with Crippen molar-refractivity contribution in [3.05, 3.63) is 23.4 Å². The summed E-state index contributed by atoms with van der Waals surface area (Å²) in [6.07, 6.45) is 4.02. The highest BCUT2D eigenvalue weighted by Crippen LogP contribution is 2.18. The lowest BCUT2D eigenvalue weighted by atomic mass is 9.98. The van der Waals surface area contributed by atoms with Crippen molar-refractivity contribution in [2.24, 2.45) is 11.7 Å². The molecular formula is C13H20N4O. The van der Waals surface area contributed by atoms with Crippen molar-refractivity contribution in [1.29, 1.82) is 0 Å². The molecule has 0 atom stereocenters. The van der Waals surface area contributed by atoms with Crippen molar-refractivity contribution in [2.45, 2.75) is 19.8 Å². The molecule has 0 radical (unpaired) electrons. The summed E-state index contributed by atoms with van der Waals surface area (Å²) < 4.78 is 0. The first-order valence-corrected chi connectivity index (χ1v) is 6.38. The highest BCUT2D eigenvalue weighted by atomic mass is 16.1. The molecule has 5 nitrogen and oxygen atoms in total. The summed E-state index contributed by atoms with van der Waals surface area (Å²) in [5, 5.41) is 6.60. The van der Waals surface area contributed by atoms with Gasteiger partial charge in [-0.25, -0.2) is 4.98 Å². The molecule has 0 bridgehead atoms. The predicted molar refractivity (Wildman–Crippen MR) is 71.6 cm³/mol. The van der Waals surface area contributed by atoms with Crippen LogP contribution in [-0.2, 0) is 0 Å². The van der Waals surface area contributed by atoms with Gasteiger partial charge in [0.15, 0.2) is 0 Å². The van der Waals surface area contributed by atoms with Crippen molar-refractivity contribution in [3.63, 3.8) is 0 Å². The van der Waals surface area contributed by atoms with E-state index in [1.54, 1.807) is 12.3 Å². The second-order valence-corrected chi connectivity index (χ2v) is 4.79. The Morgan fingerprint density at radius 2 is 2.28 bits per heavy atom. The lowest BCUT2D eigenvalue weighted by molar-refractivity contribution is 0.1000. The van der Waals surface area contributed by atoms with Gasteiger partial charge in [0.1, 0.15) is 5.82 Å². The summed E-state index contributed by atoms with van der Waals surface area (Å²) in [6, 6.07) is 1.80. The predicted octanol–water partition coefficient (Wildman–Crippen LogP) is 0.900. The molecule has 5 heteroatoms. The fourth-order valence-corrected chi connectivity index (χ4v) is 2.33. The Hall–Kier alpha value is -1.62. The van der Waals surface area contributed by atoms with Crippen LogP contribution in [0, 0.1) is 12.8 Å². The summed E-state index contributed by atoms with van der Waals surface area (Å²) in [5.41, 5.74) is 6.77. The molecular weight excluding hydrogens is 228 g/mol. The number of aromatic nitrogens is 1. The molecule has 98 valence electrons. The van der Waals surface area contributed by atoms with E-state index in [1.807, 2.05) is 6.92 Å². The maximum Gasteiger partial charge on any atom is 0.252 e. The summed E-state index contributed by atoms with van der Waals surface area (Å²) in [6.45, 7) is 4.85. The van der Waals surface area contributed by atoms with Gasteiger partial charge in [-0.05, 0) is 50.4 Å². The first-order valence-electron chi connectivity index (χ1n) is 6.38. The molecule has 18 heavy (non-hydrogen) atoms. The summed E-state index contributed by atoms with van der Waals surface area (Å²) >= 11 is 0. The van der Waals surface area contributed by atoms with Crippen molar-refractivity contribution in [1.82, 2.24) is 10.3 Å². The average Bonchev–Trinajstić information content (AvgIpc) is 2.37. The molecule has 2 heterocycles. The molecule has 0 unspecified atom stereocenters. The lowest BCUT2D eigenvalue weighted by Crippen LogP contribution is -2.31. The molecule has 1 amide bonds. The van der Waals surface area contributed by atoms with Gasteiger partial charge in [0.2, 0.25) is 0 Å². The van der Waals surface area contributed by atoms with Gasteiger partial charge in [-0.15, -0.1) is 0 Å². The van der Waals surface area contributed by atoms with Gasteiger partial charge in [-0.2, -0.15) is 0 Å². The number of anilines is 1. The Morgan fingerprint density at radius 3 is 2.94 bits per heavy atom. The Morgan fingerprint density at radius 1 is 1.56 bits per heavy atom. The number of nitrogens with zero attached hydrogens (tertiary/aromatic N) is 1.